The van der Waals surface area contributed by atoms with Gasteiger partial charge in [-0.15, -0.1) is 0 Å². The maximum absolute atomic E-state index is 12.4. The zero-order valence-electron chi connectivity index (χ0n) is 14.7. The van der Waals surface area contributed by atoms with E-state index in [-0.39, 0.29) is 12.3 Å². The van der Waals surface area contributed by atoms with Crippen LogP contribution < -0.4 is 5.32 Å². The van der Waals surface area contributed by atoms with Gasteiger partial charge in [0.15, 0.2) is 5.69 Å². The average Bonchev–Trinajstić information content (AvgIpc) is 2.88. The molecular weight excluding hydrogens is 304 g/mol. The summed E-state index contributed by atoms with van der Waals surface area (Å²) < 4.78 is 6.73. The molecule has 1 atom stereocenters. The number of carbonyl (C=O) groups is 1. The molecule has 0 fully saturated rings. The molecule has 0 radical (unpaired) electrons. The Morgan fingerprint density at radius 3 is 2.46 bits per heavy atom. The average molecular weight is 326 g/mol. The van der Waals surface area contributed by atoms with Gasteiger partial charge in [0.25, 0.3) is 5.91 Å². The van der Waals surface area contributed by atoms with E-state index >= 15 is 0 Å². The zero-order chi connectivity index (χ0) is 17.9. The molecule has 24 heavy (non-hydrogen) atoms. The maximum Gasteiger partial charge on any atom is 0.273 e. The Kier molecular flexibility index (Phi) is 5.05. The van der Waals surface area contributed by atoms with E-state index in [2.05, 4.69) is 22.6 Å². The van der Waals surface area contributed by atoms with Crippen molar-refractivity contribution in [1.82, 2.24) is 15.1 Å². The number of rotatable bonds is 5. The summed E-state index contributed by atoms with van der Waals surface area (Å²) in [5.41, 5.74) is 3.18. The fourth-order valence-electron chi connectivity index (χ4n) is 2.62. The lowest BCUT2D eigenvalue weighted by molar-refractivity contribution is 0.0855. The molecule has 1 unspecified atom stereocenters. The van der Waals surface area contributed by atoms with Gasteiger partial charge in [0, 0.05) is 12.8 Å². The van der Waals surface area contributed by atoms with Gasteiger partial charge in [-0.1, -0.05) is 6.07 Å². The molecule has 1 heterocycles. The molecule has 1 N–H and O–H groups in total. The number of aryl methyl sites for hydroxylation is 3. The number of carbonyl (C=O) groups excluding carboxylic acids is 1. The normalized spacial score (nSPS) is 13.2. The summed E-state index contributed by atoms with van der Waals surface area (Å²) in [5, 5.41) is 16.3. The lowest BCUT2D eigenvalue weighted by Gasteiger charge is -2.21. The quantitative estimate of drug-likeness (QED) is 0.915. The lowest BCUT2D eigenvalue weighted by atomic mass is 10.1. The molecule has 1 aromatic heterocycles. The Hall–Kier alpha value is -2.65. The molecule has 0 aliphatic carbocycles. The number of hydrogen-bond donors (Lipinski definition) is 1. The van der Waals surface area contributed by atoms with Crippen LogP contribution in [0.2, 0.25) is 0 Å². The molecule has 2 aromatic rings. The molecule has 1 amide bonds. The summed E-state index contributed by atoms with van der Waals surface area (Å²) >= 11 is 0. The Morgan fingerprint density at radius 1 is 1.29 bits per heavy atom. The van der Waals surface area contributed by atoms with Crippen molar-refractivity contribution >= 4 is 5.91 Å². The molecular formula is C18H22N4O2. The van der Waals surface area contributed by atoms with E-state index in [9.17, 15) is 10.1 Å². The summed E-state index contributed by atoms with van der Waals surface area (Å²) in [7, 11) is 1.49. The van der Waals surface area contributed by atoms with Crippen molar-refractivity contribution in [3.8, 4) is 11.8 Å². The Balaban J connectivity index is 2.31. The predicted molar refractivity (Wildman–Crippen MR) is 91.1 cm³/mol. The largest absolute Gasteiger partial charge is 0.381 e. The summed E-state index contributed by atoms with van der Waals surface area (Å²) in [5.74, 6) is -0.401. The molecule has 0 saturated carbocycles. The lowest BCUT2D eigenvalue weighted by Crippen LogP contribution is -2.48. The van der Waals surface area contributed by atoms with E-state index in [1.807, 2.05) is 32.9 Å². The summed E-state index contributed by atoms with van der Waals surface area (Å²) in [6.45, 7) is 7.65. The third kappa shape index (κ3) is 3.81. The van der Waals surface area contributed by atoms with Crippen LogP contribution in [0.5, 0.6) is 0 Å². The third-order valence-electron chi connectivity index (χ3n) is 3.64. The topological polar surface area (TPSA) is 79.9 Å². The second-order valence-electron chi connectivity index (χ2n) is 6.26. The standard InChI is InChI=1S/C18H22N4O2/c1-12-6-13(2)8-15(7-12)22-14(3)9-16(21-22)17(23)20-18(4,10-19)11-24-5/h6-9H,11H2,1-5H3,(H,20,23). The highest BCUT2D eigenvalue weighted by Crippen LogP contribution is 2.16. The molecule has 6 nitrogen and oxygen atoms in total. The van der Waals surface area contributed by atoms with Gasteiger partial charge in [-0.25, -0.2) is 4.68 Å². The number of ether oxygens (including phenoxy) is 1. The van der Waals surface area contributed by atoms with E-state index in [0.29, 0.717) is 0 Å². The van der Waals surface area contributed by atoms with Crippen LogP contribution >= 0.6 is 0 Å². The van der Waals surface area contributed by atoms with E-state index in [0.717, 1.165) is 22.5 Å². The molecule has 0 bridgehead atoms. The van der Waals surface area contributed by atoms with Gasteiger partial charge in [-0.3, -0.25) is 4.79 Å². The maximum atomic E-state index is 12.4. The van der Waals surface area contributed by atoms with Crippen molar-refractivity contribution in [2.24, 2.45) is 0 Å². The number of nitrogens with zero attached hydrogens (tertiary/aromatic N) is 3. The number of aromatic nitrogens is 2. The molecule has 0 spiro atoms. The SMILES string of the molecule is COCC(C)(C#N)NC(=O)c1cc(C)n(-c2cc(C)cc(C)c2)n1. The minimum Gasteiger partial charge on any atom is -0.381 e. The molecule has 0 aliphatic heterocycles. The molecule has 0 aliphatic rings. The van der Waals surface area contributed by atoms with Gasteiger partial charge in [0.1, 0.15) is 5.54 Å². The Morgan fingerprint density at radius 2 is 1.92 bits per heavy atom. The second-order valence-corrected chi connectivity index (χ2v) is 6.26. The van der Waals surface area contributed by atoms with Crippen LogP contribution in [-0.2, 0) is 4.74 Å². The highest BCUT2D eigenvalue weighted by molar-refractivity contribution is 5.93. The molecule has 0 saturated heterocycles. The predicted octanol–water partition coefficient (Wildman–Crippen LogP) is 2.46. The fraction of sp³-hybridized carbons (Fsp3) is 0.389. The molecule has 1 aromatic carbocycles. The first-order valence-electron chi connectivity index (χ1n) is 7.66. The zero-order valence-corrected chi connectivity index (χ0v) is 14.7. The van der Waals surface area contributed by atoms with Crippen LogP contribution in [0.4, 0.5) is 0 Å². The number of methoxy groups -OCH3 is 1. The summed E-state index contributed by atoms with van der Waals surface area (Å²) in [4.78, 5) is 12.4. The highest BCUT2D eigenvalue weighted by atomic mass is 16.5. The van der Waals surface area contributed by atoms with Gasteiger partial charge in [0.2, 0.25) is 0 Å². The van der Waals surface area contributed by atoms with Crippen LogP contribution in [-0.4, -0.2) is 34.9 Å². The monoisotopic (exact) mass is 326 g/mol. The Bertz CT molecular complexity index is 784. The number of nitriles is 1. The second kappa shape index (κ2) is 6.85. The van der Waals surface area contributed by atoms with Gasteiger partial charge in [0.05, 0.1) is 18.4 Å². The van der Waals surface area contributed by atoms with Crippen molar-refractivity contribution < 1.29 is 9.53 Å². The van der Waals surface area contributed by atoms with Crippen LogP contribution in [0.3, 0.4) is 0 Å². The number of amides is 1. The van der Waals surface area contributed by atoms with Crippen LogP contribution in [0.15, 0.2) is 24.3 Å². The van der Waals surface area contributed by atoms with Crippen molar-refractivity contribution in [3.05, 3.63) is 46.8 Å². The number of benzene rings is 1. The third-order valence-corrected chi connectivity index (χ3v) is 3.64. The van der Waals surface area contributed by atoms with Crippen LogP contribution in [0, 0.1) is 32.1 Å². The van der Waals surface area contributed by atoms with Gasteiger partial charge in [-0.2, -0.15) is 10.4 Å². The molecule has 6 heteroatoms. The number of nitrogens with one attached hydrogen (secondary N) is 1. The van der Waals surface area contributed by atoms with Crippen LogP contribution in [0.1, 0.15) is 34.2 Å². The smallest absolute Gasteiger partial charge is 0.273 e. The van der Waals surface area contributed by atoms with Gasteiger partial charge in [-0.05, 0) is 57.0 Å². The van der Waals surface area contributed by atoms with Crippen molar-refractivity contribution in [2.75, 3.05) is 13.7 Å². The molecule has 2 rings (SSSR count). The fourth-order valence-corrected chi connectivity index (χ4v) is 2.62. The minimum atomic E-state index is -1.09. The number of hydrogen-bond acceptors (Lipinski definition) is 4. The van der Waals surface area contributed by atoms with E-state index in [4.69, 9.17) is 4.74 Å². The van der Waals surface area contributed by atoms with E-state index < -0.39 is 11.4 Å². The first-order valence-corrected chi connectivity index (χ1v) is 7.66. The van der Waals surface area contributed by atoms with Crippen LogP contribution in [0.25, 0.3) is 5.69 Å². The van der Waals surface area contributed by atoms with E-state index in [1.54, 1.807) is 17.7 Å². The summed E-state index contributed by atoms with van der Waals surface area (Å²) in [6, 6.07) is 9.87. The minimum absolute atomic E-state index is 0.103. The van der Waals surface area contributed by atoms with Crippen molar-refractivity contribution in [1.29, 1.82) is 5.26 Å². The van der Waals surface area contributed by atoms with Gasteiger partial charge >= 0.3 is 0 Å². The highest BCUT2D eigenvalue weighted by Gasteiger charge is 2.28. The first-order chi connectivity index (χ1) is 11.3. The first kappa shape index (κ1) is 17.7. The van der Waals surface area contributed by atoms with Gasteiger partial charge < -0.3 is 10.1 Å². The summed E-state index contributed by atoms with van der Waals surface area (Å²) in [6.07, 6.45) is 0. The Labute approximate surface area is 142 Å². The molecule has 126 valence electrons. The van der Waals surface area contributed by atoms with Crippen molar-refractivity contribution in [2.45, 2.75) is 33.2 Å². The van der Waals surface area contributed by atoms with Crippen molar-refractivity contribution in [3.63, 3.8) is 0 Å². The van der Waals surface area contributed by atoms with E-state index in [1.165, 1.54) is 7.11 Å².